The van der Waals surface area contributed by atoms with Gasteiger partial charge in [0.2, 0.25) is 5.82 Å². The van der Waals surface area contributed by atoms with Crippen LogP contribution in [0.1, 0.15) is 16.7 Å². The number of rotatable bonds is 10. The molecule has 0 radical (unpaired) electrons. The van der Waals surface area contributed by atoms with Gasteiger partial charge in [-0.1, -0.05) is 62.9 Å². The molecule has 0 saturated carbocycles. The first-order chi connectivity index (χ1) is 34.2. The number of hydrogen-bond acceptors (Lipinski definition) is 10. The van der Waals surface area contributed by atoms with E-state index in [4.69, 9.17) is 63.5 Å². The van der Waals surface area contributed by atoms with Crippen LogP contribution in [0.5, 0.6) is 0 Å². The molecule has 0 aliphatic carbocycles. The maximum absolute atomic E-state index is 14.8. The Labute approximate surface area is 449 Å². The smallest absolute Gasteiger partial charge is 0.512 e. The first kappa shape index (κ1) is 64.1. The van der Waals surface area contributed by atoms with E-state index < -0.39 is 118 Å². The molecule has 2 atom stereocenters. The van der Waals surface area contributed by atoms with Crippen LogP contribution in [-0.2, 0) is 11.3 Å². The van der Waals surface area contributed by atoms with Crippen molar-refractivity contribution >= 4 is 57.8 Å². The number of nitro groups is 2. The minimum absolute atomic E-state index is 0. The van der Waals surface area contributed by atoms with E-state index in [1.165, 1.54) is 6.07 Å². The zero-order valence-corrected chi connectivity index (χ0v) is 40.8. The molecule has 38 heteroatoms. The third-order valence-corrected chi connectivity index (χ3v) is 10.8. The van der Waals surface area contributed by atoms with Crippen molar-refractivity contribution in [2.24, 2.45) is 0 Å². The van der Waals surface area contributed by atoms with E-state index in [9.17, 15) is 104 Å². The van der Waals surface area contributed by atoms with Crippen LogP contribution in [0.4, 0.5) is 94.8 Å². The van der Waals surface area contributed by atoms with E-state index in [0.29, 0.717) is 9.36 Å². The van der Waals surface area contributed by atoms with Gasteiger partial charge in [-0.3, -0.25) is 20.2 Å². The SMILES string of the molecule is N#Cc1ccc(-c2cn(-c3c(Cl)cc(C(F)(C(F)(F)F)C(F)(F)C(F)(F)F)cc3Cl)nn2)cc1[N+](=O)[O-].O=[N+]([O-])c1cc(-c2cn(-c3c(Cl)cc(C(F)(C(F)(F)F)C(F)(F)C(F)(F)F)cc3Cl)nn2)ccc1F.[C-]#N.[Na+]. The molecule has 2 unspecified atom stereocenters. The van der Waals surface area contributed by atoms with Gasteiger partial charge in [0.05, 0.1) is 42.3 Å². The zero-order valence-electron chi connectivity index (χ0n) is 35.7. The minimum atomic E-state index is -6.95. The summed E-state index contributed by atoms with van der Waals surface area (Å²) in [5, 5.41) is 47.4. The van der Waals surface area contributed by atoms with Crippen molar-refractivity contribution in [3.8, 4) is 40.0 Å². The Hall–Kier alpha value is -6.23. The normalized spacial score (nSPS) is 13.8. The van der Waals surface area contributed by atoms with Crippen molar-refractivity contribution < 1.29 is 123 Å². The van der Waals surface area contributed by atoms with Gasteiger partial charge in [0.15, 0.2) is 0 Å². The molecule has 6 aromatic rings. The summed E-state index contributed by atoms with van der Waals surface area (Å²) in [5.41, 5.74) is -20.5. The fourth-order valence-electron chi connectivity index (χ4n) is 6.16. The number of nitro benzene ring substituents is 2. The van der Waals surface area contributed by atoms with Crippen LogP contribution in [0.2, 0.25) is 20.1 Å². The minimum Gasteiger partial charge on any atom is -0.512 e. The Morgan fingerprint density at radius 3 is 1.13 bits per heavy atom. The predicted molar refractivity (Wildman–Crippen MR) is 216 cm³/mol. The Balaban J connectivity index is 0.000000383. The Morgan fingerprint density at radius 1 is 0.526 bits per heavy atom. The molecule has 400 valence electrons. The molecule has 0 aliphatic rings. The Morgan fingerprint density at radius 2 is 0.842 bits per heavy atom. The van der Waals surface area contributed by atoms with Gasteiger partial charge in [-0.25, -0.2) is 18.1 Å². The number of benzene rings is 4. The van der Waals surface area contributed by atoms with Gasteiger partial charge in [-0.05, 0) is 42.5 Å². The van der Waals surface area contributed by atoms with Gasteiger partial charge < -0.3 is 11.8 Å². The Kier molecular flexibility index (Phi) is 18.9. The van der Waals surface area contributed by atoms with E-state index in [1.807, 2.05) is 0 Å². The average Bonchev–Trinajstić information content (AvgIpc) is 3.98. The van der Waals surface area contributed by atoms with Crippen molar-refractivity contribution in [2.45, 2.75) is 47.9 Å². The molecule has 0 spiro atoms. The molecular weight excluding hydrogens is 1190 g/mol. The maximum Gasteiger partial charge on any atom is 1.00 e. The van der Waals surface area contributed by atoms with Crippen LogP contribution in [0.15, 0.2) is 73.1 Å². The van der Waals surface area contributed by atoms with Crippen molar-refractivity contribution in [2.75, 3.05) is 0 Å². The summed E-state index contributed by atoms with van der Waals surface area (Å²) >= 11 is 23.1. The van der Waals surface area contributed by atoms with E-state index >= 15 is 0 Å². The molecule has 0 saturated heterocycles. The number of halogens is 23. The van der Waals surface area contributed by atoms with Crippen LogP contribution in [0, 0.1) is 49.2 Å². The second-order valence-electron chi connectivity index (χ2n) is 14.2. The molecule has 2 heterocycles. The van der Waals surface area contributed by atoms with Gasteiger partial charge in [-0.2, -0.15) is 79.9 Å². The molecule has 76 heavy (non-hydrogen) atoms. The maximum atomic E-state index is 14.8. The van der Waals surface area contributed by atoms with Crippen LogP contribution in [0.3, 0.4) is 0 Å². The van der Waals surface area contributed by atoms with Crippen molar-refractivity contribution in [1.29, 1.82) is 10.5 Å². The van der Waals surface area contributed by atoms with Gasteiger partial charge >= 0.3 is 83.1 Å². The van der Waals surface area contributed by atoms with Crippen LogP contribution < -0.4 is 29.6 Å². The van der Waals surface area contributed by atoms with Gasteiger partial charge in [-0.15, -0.1) is 10.2 Å². The van der Waals surface area contributed by atoms with E-state index in [1.54, 1.807) is 6.07 Å². The van der Waals surface area contributed by atoms with E-state index in [0.717, 1.165) is 42.7 Å². The second kappa shape index (κ2) is 22.4. The first-order valence-electron chi connectivity index (χ1n) is 18.3. The molecule has 0 amide bonds. The summed E-state index contributed by atoms with van der Waals surface area (Å²) in [5.74, 6) is -15.1. The molecule has 0 aliphatic heterocycles. The van der Waals surface area contributed by atoms with Crippen molar-refractivity contribution in [3.05, 3.63) is 142 Å². The molecule has 14 nitrogen and oxygen atoms in total. The van der Waals surface area contributed by atoms with E-state index in [-0.39, 0.29) is 81.9 Å². The van der Waals surface area contributed by atoms with Crippen molar-refractivity contribution in [1.82, 2.24) is 30.0 Å². The average molecular weight is 1200 g/mol. The summed E-state index contributed by atoms with van der Waals surface area (Å²) in [6, 6.07) is 6.86. The third kappa shape index (κ3) is 11.5. The number of nitriles is 1. The molecule has 0 bridgehead atoms. The number of aromatic nitrogens is 6. The molecule has 2 aromatic heterocycles. The second-order valence-corrected chi connectivity index (χ2v) is 15.8. The molecular formula is C38H12Cl4F19N10NaO4. The van der Waals surface area contributed by atoms with Gasteiger partial charge in [0.25, 0.3) is 5.69 Å². The molecule has 0 N–H and O–H groups in total. The molecule has 4 aromatic carbocycles. The largest absolute Gasteiger partial charge is 1.00 e. The fraction of sp³-hybridized carbons (Fsp3) is 0.211. The van der Waals surface area contributed by atoms with Crippen molar-refractivity contribution in [3.63, 3.8) is 0 Å². The first-order valence-corrected chi connectivity index (χ1v) is 19.8. The summed E-state index contributed by atoms with van der Waals surface area (Å²) in [6.45, 7) is 4.75. The number of alkyl halides is 18. The van der Waals surface area contributed by atoms with Crippen LogP contribution in [0.25, 0.3) is 33.9 Å². The number of nitrogens with zero attached hydrogens (tertiary/aromatic N) is 10. The monoisotopic (exact) mass is 1200 g/mol. The topological polar surface area (TPSA) is 195 Å². The standard InChI is InChI=1S/C19H6Cl2F9N5O2.C18H6Cl2F10N4O2.CN.Na/c20-11-4-10(16(22,18(25,26)27)17(23,24)19(28,29)30)5-12(21)15(11)34-7-13(32-33-34)8-1-2-9(6-31)14(3-8)35(36)37;19-9-4-8(15(22,17(25,26)27)16(23,24)18(28,29)30)5-10(20)14(9)33-6-12(31-32-33)7-1-2-11(21)13(3-7)34(35)36;1-2;/h1-5,7H;1-6H;;/q;;-1;+1. The predicted octanol–water partition coefficient (Wildman–Crippen LogP) is 11.3. The summed E-state index contributed by atoms with van der Waals surface area (Å²) < 4.78 is 255. The van der Waals surface area contributed by atoms with Crippen LogP contribution in [-0.4, -0.2) is 76.4 Å². The summed E-state index contributed by atoms with van der Waals surface area (Å²) in [6.07, 6.45) is -25.5. The van der Waals surface area contributed by atoms with E-state index in [2.05, 4.69) is 20.6 Å². The van der Waals surface area contributed by atoms with Gasteiger partial charge in [0.1, 0.15) is 34.4 Å². The zero-order chi connectivity index (χ0) is 57.6. The summed E-state index contributed by atoms with van der Waals surface area (Å²) in [4.78, 5) is 20.1. The van der Waals surface area contributed by atoms with Crippen LogP contribution >= 0.6 is 46.4 Å². The Bertz CT molecular complexity index is 3210. The van der Waals surface area contributed by atoms with Gasteiger partial charge in [0, 0.05) is 34.4 Å². The molecule has 6 rings (SSSR count). The fourth-order valence-corrected chi connectivity index (χ4v) is 7.48. The molecule has 0 fully saturated rings. The quantitative estimate of drug-likeness (QED) is 0.0418. The summed E-state index contributed by atoms with van der Waals surface area (Å²) in [7, 11) is 0. The number of hydrogen-bond donors (Lipinski definition) is 0. The third-order valence-electron chi connectivity index (χ3n) is 9.68.